The molecular formula is C13H11BrClNO. The summed E-state index contributed by atoms with van der Waals surface area (Å²) in [7, 11) is 0. The molecule has 0 radical (unpaired) electrons. The molecule has 17 heavy (non-hydrogen) atoms. The summed E-state index contributed by atoms with van der Waals surface area (Å²) in [6, 6.07) is 7.62. The molecule has 1 aromatic carbocycles. The molecule has 0 aliphatic rings. The first-order chi connectivity index (χ1) is 8.16. The van der Waals surface area contributed by atoms with Gasteiger partial charge in [-0.05, 0) is 40.5 Å². The van der Waals surface area contributed by atoms with Crippen molar-refractivity contribution < 1.29 is 4.74 Å². The Hall–Kier alpha value is -1.06. The van der Waals surface area contributed by atoms with Crippen molar-refractivity contribution >= 4 is 27.5 Å². The summed E-state index contributed by atoms with van der Waals surface area (Å²) in [6.45, 7) is 2.47. The Bertz CT molecular complexity index is 531. The highest BCUT2D eigenvalue weighted by Gasteiger charge is 2.04. The highest BCUT2D eigenvalue weighted by molar-refractivity contribution is 9.10. The Morgan fingerprint density at radius 2 is 2.18 bits per heavy atom. The van der Waals surface area contributed by atoms with E-state index >= 15 is 0 Å². The van der Waals surface area contributed by atoms with Crippen LogP contribution in [0.4, 0.5) is 0 Å². The topological polar surface area (TPSA) is 22.1 Å². The Morgan fingerprint density at radius 1 is 1.35 bits per heavy atom. The van der Waals surface area contributed by atoms with Crippen LogP contribution in [0.2, 0.25) is 5.02 Å². The van der Waals surface area contributed by atoms with Gasteiger partial charge in [0.15, 0.2) is 0 Å². The number of hydrogen-bond acceptors (Lipinski definition) is 2. The van der Waals surface area contributed by atoms with E-state index in [2.05, 4.69) is 20.9 Å². The zero-order chi connectivity index (χ0) is 12.3. The second-order valence-corrected chi connectivity index (χ2v) is 4.95. The molecule has 2 aromatic rings. The molecule has 2 nitrogen and oxygen atoms in total. The second-order valence-electron chi connectivity index (χ2n) is 3.66. The number of hydrogen-bond donors (Lipinski definition) is 0. The fourth-order valence-corrected chi connectivity index (χ4v) is 1.94. The molecule has 1 aromatic heterocycles. The molecule has 88 valence electrons. The number of aromatic nitrogens is 1. The van der Waals surface area contributed by atoms with Gasteiger partial charge in [0.2, 0.25) is 0 Å². The van der Waals surface area contributed by atoms with Crippen molar-refractivity contribution in [3.63, 3.8) is 0 Å². The van der Waals surface area contributed by atoms with E-state index in [1.54, 1.807) is 12.4 Å². The van der Waals surface area contributed by atoms with Crippen molar-refractivity contribution in [3.8, 4) is 5.75 Å². The van der Waals surface area contributed by atoms with Gasteiger partial charge in [-0.1, -0.05) is 23.7 Å². The van der Waals surface area contributed by atoms with Gasteiger partial charge in [0.1, 0.15) is 12.4 Å². The summed E-state index contributed by atoms with van der Waals surface area (Å²) in [6.07, 6.45) is 3.46. The minimum absolute atomic E-state index is 0.486. The van der Waals surface area contributed by atoms with Crippen LogP contribution in [-0.2, 0) is 6.61 Å². The third-order valence-electron chi connectivity index (χ3n) is 2.39. The van der Waals surface area contributed by atoms with E-state index in [4.69, 9.17) is 16.3 Å². The molecule has 0 aliphatic heterocycles. The molecule has 0 amide bonds. The number of pyridine rings is 1. The number of nitrogens with zero attached hydrogens (tertiary/aromatic N) is 1. The quantitative estimate of drug-likeness (QED) is 0.839. The van der Waals surface area contributed by atoms with E-state index in [1.807, 2.05) is 31.2 Å². The molecule has 0 bridgehead atoms. The van der Waals surface area contributed by atoms with Gasteiger partial charge >= 0.3 is 0 Å². The van der Waals surface area contributed by atoms with Gasteiger partial charge in [-0.25, -0.2) is 0 Å². The predicted molar refractivity (Wildman–Crippen MR) is 72.5 cm³/mol. The molecule has 0 N–H and O–H groups in total. The van der Waals surface area contributed by atoms with E-state index in [0.717, 1.165) is 26.4 Å². The molecule has 1 heterocycles. The van der Waals surface area contributed by atoms with Gasteiger partial charge in [-0.15, -0.1) is 0 Å². The lowest BCUT2D eigenvalue weighted by atomic mass is 10.2. The number of benzene rings is 1. The number of ether oxygens (including phenoxy) is 1. The highest BCUT2D eigenvalue weighted by atomic mass is 79.9. The largest absolute Gasteiger partial charge is 0.487 e. The highest BCUT2D eigenvalue weighted by Crippen LogP contribution is 2.25. The van der Waals surface area contributed by atoms with Crippen molar-refractivity contribution in [3.05, 3.63) is 57.3 Å². The van der Waals surface area contributed by atoms with Gasteiger partial charge in [0.25, 0.3) is 0 Å². The summed E-state index contributed by atoms with van der Waals surface area (Å²) >= 11 is 9.33. The molecule has 0 saturated carbocycles. The lowest BCUT2D eigenvalue weighted by Gasteiger charge is -2.09. The van der Waals surface area contributed by atoms with Crippen LogP contribution in [0.3, 0.4) is 0 Å². The average Bonchev–Trinajstić information content (AvgIpc) is 2.31. The Kier molecular flexibility index (Phi) is 4.02. The maximum atomic E-state index is 5.91. The SMILES string of the molecule is Cc1c(Br)cncc1OCc1cccc(Cl)c1. The third-order valence-corrected chi connectivity index (χ3v) is 3.43. The van der Waals surface area contributed by atoms with Crippen LogP contribution in [-0.4, -0.2) is 4.98 Å². The van der Waals surface area contributed by atoms with Crippen molar-refractivity contribution in [2.75, 3.05) is 0 Å². The molecule has 0 fully saturated rings. The second kappa shape index (κ2) is 5.52. The third kappa shape index (κ3) is 3.20. The van der Waals surface area contributed by atoms with Crippen LogP contribution in [0.25, 0.3) is 0 Å². The van der Waals surface area contributed by atoms with Crippen LogP contribution < -0.4 is 4.74 Å². The maximum Gasteiger partial charge on any atom is 0.142 e. The van der Waals surface area contributed by atoms with Crippen LogP contribution in [0.1, 0.15) is 11.1 Å². The average molecular weight is 313 g/mol. The summed E-state index contributed by atoms with van der Waals surface area (Å²) in [5.74, 6) is 0.777. The minimum Gasteiger partial charge on any atom is -0.487 e. The minimum atomic E-state index is 0.486. The molecule has 0 atom stereocenters. The van der Waals surface area contributed by atoms with E-state index in [-0.39, 0.29) is 0 Å². The van der Waals surface area contributed by atoms with Gasteiger partial charge < -0.3 is 4.74 Å². The van der Waals surface area contributed by atoms with Gasteiger partial charge in [0.05, 0.1) is 6.20 Å². The standard InChI is InChI=1S/C13H11BrClNO/c1-9-12(14)6-16-7-13(9)17-8-10-3-2-4-11(15)5-10/h2-7H,8H2,1H3. The molecule has 4 heteroatoms. The first-order valence-corrected chi connectivity index (χ1v) is 6.31. The maximum absolute atomic E-state index is 5.91. The van der Waals surface area contributed by atoms with Gasteiger partial charge in [-0.2, -0.15) is 0 Å². The molecule has 0 saturated heterocycles. The molecule has 0 aliphatic carbocycles. The van der Waals surface area contributed by atoms with Crippen LogP contribution in [0.15, 0.2) is 41.1 Å². The lowest BCUT2D eigenvalue weighted by Crippen LogP contribution is -1.97. The summed E-state index contributed by atoms with van der Waals surface area (Å²) in [5.41, 5.74) is 2.08. The number of halogens is 2. The van der Waals surface area contributed by atoms with Crippen molar-refractivity contribution in [1.29, 1.82) is 0 Å². The first-order valence-electron chi connectivity index (χ1n) is 5.14. The number of rotatable bonds is 3. The summed E-state index contributed by atoms with van der Waals surface area (Å²) < 4.78 is 6.65. The van der Waals surface area contributed by atoms with E-state index in [0.29, 0.717) is 6.61 Å². The monoisotopic (exact) mass is 311 g/mol. The predicted octanol–water partition coefficient (Wildman–Crippen LogP) is 4.38. The van der Waals surface area contributed by atoms with Crippen LogP contribution in [0, 0.1) is 6.92 Å². The fraction of sp³-hybridized carbons (Fsp3) is 0.154. The van der Waals surface area contributed by atoms with Gasteiger partial charge in [0, 0.05) is 21.3 Å². The Morgan fingerprint density at radius 3 is 2.94 bits per heavy atom. The van der Waals surface area contributed by atoms with E-state index < -0.39 is 0 Å². The smallest absolute Gasteiger partial charge is 0.142 e. The van der Waals surface area contributed by atoms with Crippen LogP contribution in [0.5, 0.6) is 5.75 Å². The zero-order valence-electron chi connectivity index (χ0n) is 9.28. The van der Waals surface area contributed by atoms with E-state index in [9.17, 15) is 0 Å². The normalized spacial score (nSPS) is 10.3. The van der Waals surface area contributed by atoms with E-state index in [1.165, 1.54) is 0 Å². The Balaban J connectivity index is 2.10. The van der Waals surface area contributed by atoms with Gasteiger partial charge in [-0.3, -0.25) is 4.98 Å². The van der Waals surface area contributed by atoms with Crippen molar-refractivity contribution in [1.82, 2.24) is 4.98 Å². The molecule has 0 unspecified atom stereocenters. The van der Waals surface area contributed by atoms with Crippen molar-refractivity contribution in [2.45, 2.75) is 13.5 Å². The molecule has 0 spiro atoms. The fourth-order valence-electron chi connectivity index (χ4n) is 1.42. The molecular weight excluding hydrogens is 302 g/mol. The van der Waals surface area contributed by atoms with Crippen molar-refractivity contribution in [2.24, 2.45) is 0 Å². The lowest BCUT2D eigenvalue weighted by molar-refractivity contribution is 0.302. The summed E-state index contributed by atoms with van der Waals surface area (Å²) in [4.78, 5) is 4.08. The first kappa shape index (κ1) is 12.4. The summed E-state index contributed by atoms with van der Waals surface area (Å²) in [5, 5.41) is 0.718. The Labute approximate surface area is 114 Å². The zero-order valence-corrected chi connectivity index (χ0v) is 11.6. The molecule has 2 rings (SSSR count). The van der Waals surface area contributed by atoms with Crippen LogP contribution >= 0.6 is 27.5 Å².